The molecule has 0 aliphatic rings. The maximum Gasteiger partial charge on any atom is 0.0573 e. The summed E-state index contributed by atoms with van der Waals surface area (Å²) in [5, 5.41) is 3.33. The Hall–Kier alpha value is -0.670. The van der Waals surface area contributed by atoms with Gasteiger partial charge in [0, 0.05) is 16.7 Å². The second-order valence-electron chi connectivity index (χ2n) is 4.17. The zero-order valence-electron chi connectivity index (χ0n) is 10.5. The van der Waals surface area contributed by atoms with E-state index in [1.807, 2.05) is 25.4 Å². The van der Waals surface area contributed by atoms with E-state index in [9.17, 15) is 0 Å². The molecule has 0 radical (unpaired) electrons. The van der Waals surface area contributed by atoms with E-state index >= 15 is 0 Å². The zero-order chi connectivity index (χ0) is 12.5. The lowest BCUT2D eigenvalue weighted by atomic mass is 10.0. The summed E-state index contributed by atoms with van der Waals surface area (Å²) in [6, 6.07) is 4.49. The summed E-state index contributed by atoms with van der Waals surface area (Å²) in [5.41, 5.74) is 1.12. The first-order valence-electron chi connectivity index (χ1n) is 6.17. The lowest BCUT2D eigenvalue weighted by molar-refractivity contribution is 0.498. The Morgan fingerprint density at radius 3 is 2.82 bits per heavy atom. The molecular weight excluding hydrogens is 276 g/mol. The quantitative estimate of drug-likeness (QED) is 0.573. The summed E-state index contributed by atoms with van der Waals surface area (Å²) in [4.78, 5) is 4.44. The Morgan fingerprint density at radius 1 is 1.41 bits per heavy atom. The van der Waals surface area contributed by atoms with Crippen molar-refractivity contribution in [2.75, 3.05) is 7.05 Å². The van der Waals surface area contributed by atoms with Gasteiger partial charge in [-0.25, -0.2) is 0 Å². The van der Waals surface area contributed by atoms with E-state index < -0.39 is 0 Å². The fourth-order valence-electron chi connectivity index (χ4n) is 1.85. The molecule has 1 N–H and O–H groups in total. The van der Waals surface area contributed by atoms with Gasteiger partial charge >= 0.3 is 0 Å². The van der Waals surface area contributed by atoms with Crippen molar-refractivity contribution in [2.24, 2.45) is 0 Å². The maximum absolute atomic E-state index is 4.44. The molecule has 0 aliphatic carbocycles. The molecule has 0 saturated carbocycles. The molecule has 1 rings (SSSR count). The number of rotatable bonds is 8. The van der Waals surface area contributed by atoms with Crippen LogP contribution >= 0.6 is 15.9 Å². The van der Waals surface area contributed by atoms with Crippen molar-refractivity contribution in [2.45, 2.75) is 38.1 Å². The third-order valence-corrected chi connectivity index (χ3v) is 3.33. The van der Waals surface area contributed by atoms with E-state index in [1.54, 1.807) is 0 Å². The Morgan fingerprint density at radius 2 is 2.24 bits per heavy atom. The van der Waals surface area contributed by atoms with E-state index in [-0.39, 0.29) is 0 Å². The Balaban J connectivity index is 2.37. The molecular formula is C14H21BrN2. The van der Waals surface area contributed by atoms with Crippen LogP contribution in [-0.2, 0) is 0 Å². The van der Waals surface area contributed by atoms with Crippen molar-refractivity contribution < 1.29 is 0 Å². The number of pyridine rings is 1. The molecule has 1 aromatic heterocycles. The molecule has 1 atom stereocenters. The minimum absolute atomic E-state index is 0.367. The standard InChI is InChI=1S/C14H21BrN2/c1-3-4-5-6-7-8-13(16-2)14-10-9-12(15)11-17-14/h3,9-11,13,16H,1,4-8H2,2H3. The second-order valence-corrected chi connectivity index (χ2v) is 5.08. The fourth-order valence-corrected chi connectivity index (χ4v) is 2.08. The normalized spacial score (nSPS) is 12.4. The fraction of sp³-hybridized carbons (Fsp3) is 0.500. The van der Waals surface area contributed by atoms with E-state index in [0.717, 1.165) is 23.0 Å². The molecule has 1 heterocycles. The minimum atomic E-state index is 0.367. The molecule has 2 nitrogen and oxygen atoms in total. The first-order valence-corrected chi connectivity index (χ1v) is 6.97. The maximum atomic E-state index is 4.44. The van der Waals surface area contributed by atoms with Crippen molar-refractivity contribution in [1.29, 1.82) is 0 Å². The Labute approximate surface area is 113 Å². The van der Waals surface area contributed by atoms with Crippen LogP contribution in [0.2, 0.25) is 0 Å². The van der Waals surface area contributed by atoms with Crippen molar-refractivity contribution in [1.82, 2.24) is 10.3 Å². The van der Waals surface area contributed by atoms with Gasteiger partial charge in [-0.15, -0.1) is 6.58 Å². The predicted octanol–water partition coefficient (Wildman–Crippen LogP) is 4.24. The highest BCUT2D eigenvalue weighted by Gasteiger charge is 2.09. The summed E-state index contributed by atoms with van der Waals surface area (Å²) in [6.07, 6.45) is 9.86. The van der Waals surface area contributed by atoms with E-state index in [2.05, 4.69) is 38.9 Å². The van der Waals surface area contributed by atoms with Gasteiger partial charge in [0.05, 0.1) is 5.69 Å². The van der Waals surface area contributed by atoms with Crippen LogP contribution in [0.15, 0.2) is 35.5 Å². The molecule has 0 bridgehead atoms. The number of halogens is 1. The molecule has 0 aromatic carbocycles. The van der Waals surface area contributed by atoms with Crippen LogP contribution in [-0.4, -0.2) is 12.0 Å². The smallest absolute Gasteiger partial charge is 0.0573 e. The number of allylic oxidation sites excluding steroid dienone is 1. The van der Waals surface area contributed by atoms with Crippen molar-refractivity contribution in [3.05, 3.63) is 41.2 Å². The van der Waals surface area contributed by atoms with Crippen LogP contribution in [0, 0.1) is 0 Å². The Kier molecular flexibility index (Phi) is 7.13. The third-order valence-electron chi connectivity index (χ3n) is 2.86. The average Bonchev–Trinajstić information content (AvgIpc) is 2.35. The molecule has 1 unspecified atom stereocenters. The van der Waals surface area contributed by atoms with Crippen LogP contribution in [0.3, 0.4) is 0 Å². The molecule has 3 heteroatoms. The lowest BCUT2D eigenvalue weighted by Crippen LogP contribution is -2.17. The molecule has 0 spiro atoms. The summed E-state index contributed by atoms with van der Waals surface area (Å²) < 4.78 is 1.03. The van der Waals surface area contributed by atoms with E-state index in [1.165, 1.54) is 19.3 Å². The number of hydrogen-bond acceptors (Lipinski definition) is 2. The van der Waals surface area contributed by atoms with Crippen LogP contribution in [0.5, 0.6) is 0 Å². The zero-order valence-corrected chi connectivity index (χ0v) is 12.0. The molecule has 0 aliphatic heterocycles. The van der Waals surface area contributed by atoms with E-state index in [4.69, 9.17) is 0 Å². The van der Waals surface area contributed by atoms with Crippen LogP contribution in [0.4, 0.5) is 0 Å². The van der Waals surface area contributed by atoms with Crippen LogP contribution in [0.25, 0.3) is 0 Å². The summed E-state index contributed by atoms with van der Waals surface area (Å²) in [7, 11) is 2.00. The lowest BCUT2D eigenvalue weighted by Gasteiger charge is -2.15. The number of unbranched alkanes of at least 4 members (excludes halogenated alkanes) is 3. The first-order chi connectivity index (χ1) is 8.27. The number of hydrogen-bond donors (Lipinski definition) is 1. The van der Waals surface area contributed by atoms with Gasteiger partial charge in [-0.2, -0.15) is 0 Å². The average molecular weight is 297 g/mol. The van der Waals surface area contributed by atoms with Crippen LogP contribution < -0.4 is 5.32 Å². The van der Waals surface area contributed by atoms with Crippen LogP contribution in [0.1, 0.15) is 43.8 Å². The second kappa shape index (κ2) is 8.43. The topological polar surface area (TPSA) is 24.9 Å². The monoisotopic (exact) mass is 296 g/mol. The summed E-state index contributed by atoms with van der Waals surface area (Å²) in [5.74, 6) is 0. The molecule has 0 fully saturated rings. The predicted molar refractivity (Wildman–Crippen MR) is 77.0 cm³/mol. The summed E-state index contributed by atoms with van der Waals surface area (Å²) in [6.45, 7) is 3.74. The van der Waals surface area contributed by atoms with Crippen molar-refractivity contribution >= 4 is 15.9 Å². The van der Waals surface area contributed by atoms with Gasteiger partial charge in [0.25, 0.3) is 0 Å². The number of aromatic nitrogens is 1. The largest absolute Gasteiger partial charge is 0.312 e. The van der Waals surface area contributed by atoms with E-state index in [0.29, 0.717) is 6.04 Å². The molecule has 0 saturated heterocycles. The molecule has 17 heavy (non-hydrogen) atoms. The van der Waals surface area contributed by atoms with Gasteiger partial charge < -0.3 is 5.32 Å². The van der Waals surface area contributed by atoms with Gasteiger partial charge in [0.1, 0.15) is 0 Å². The van der Waals surface area contributed by atoms with Gasteiger partial charge in [-0.3, -0.25) is 4.98 Å². The molecule has 1 aromatic rings. The summed E-state index contributed by atoms with van der Waals surface area (Å²) >= 11 is 3.41. The Bertz CT molecular complexity index is 321. The highest BCUT2D eigenvalue weighted by Crippen LogP contribution is 2.19. The van der Waals surface area contributed by atoms with Gasteiger partial charge in [0.15, 0.2) is 0 Å². The van der Waals surface area contributed by atoms with Gasteiger partial charge in [-0.1, -0.05) is 18.9 Å². The highest BCUT2D eigenvalue weighted by atomic mass is 79.9. The first kappa shape index (κ1) is 14.4. The molecule has 0 amide bonds. The SMILES string of the molecule is C=CCCCCCC(NC)c1ccc(Br)cn1. The van der Waals surface area contributed by atoms with Gasteiger partial charge in [-0.05, 0) is 54.4 Å². The number of nitrogens with one attached hydrogen (secondary N) is 1. The number of nitrogens with zero attached hydrogens (tertiary/aromatic N) is 1. The third kappa shape index (κ3) is 5.46. The van der Waals surface area contributed by atoms with Crippen molar-refractivity contribution in [3.8, 4) is 0 Å². The highest BCUT2D eigenvalue weighted by molar-refractivity contribution is 9.10. The minimum Gasteiger partial charge on any atom is -0.312 e. The van der Waals surface area contributed by atoms with Crippen molar-refractivity contribution in [3.63, 3.8) is 0 Å². The molecule has 94 valence electrons. The van der Waals surface area contributed by atoms with Gasteiger partial charge in [0.2, 0.25) is 0 Å².